The van der Waals surface area contributed by atoms with Crippen molar-refractivity contribution in [2.75, 3.05) is 7.11 Å². The van der Waals surface area contributed by atoms with Crippen LogP contribution in [0.5, 0.6) is 5.75 Å². The Bertz CT molecular complexity index is 627. The Kier molecular flexibility index (Phi) is 4.29. The maximum Gasteiger partial charge on any atom is 0.126 e. The third kappa shape index (κ3) is 3.12. The van der Waals surface area contributed by atoms with Gasteiger partial charge in [-0.05, 0) is 23.3 Å². The molecule has 2 aromatic carbocycles. The van der Waals surface area contributed by atoms with Crippen LogP contribution in [0.4, 0.5) is 0 Å². The average molecular weight is 348 g/mol. The largest absolute Gasteiger partial charge is 0.485 e. The van der Waals surface area contributed by atoms with Gasteiger partial charge in [0.2, 0.25) is 0 Å². The Morgan fingerprint density at radius 1 is 1.24 bits per heavy atom. The van der Waals surface area contributed by atoms with Crippen molar-refractivity contribution in [1.82, 2.24) is 0 Å². The predicted octanol–water partition coefficient (Wildman–Crippen LogP) is 4.12. The SMILES string of the molecule is COCc1ccc(C2C[C@@H](N)c3ccc(Br)cc3O2)cc1. The minimum absolute atomic E-state index is 0.00149. The lowest BCUT2D eigenvalue weighted by atomic mass is 9.93. The normalized spacial score (nSPS) is 20.7. The van der Waals surface area contributed by atoms with Crippen molar-refractivity contribution in [2.45, 2.75) is 25.2 Å². The fraction of sp³-hybridized carbons (Fsp3) is 0.294. The molecule has 3 nitrogen and oxygen atoms in total. The zero-order valence-electron chi connectivity index (χ0n) is 11.9. The van der Waals surface area contributed by atoms with E-state index < -0.39 is 0 Å². The van der Waals surface area contributed by atoms with Crippen LogP contribution in [0.2, 0.25) is 0 Å². The maximum atomic E-state index is 6.29. The molecule has 2 atom stereocenters. The minimum atomic E-state index is -0.00149. The molecular weight excluding hydrogens is 330 g/mol. The second-order valence-corrected chi connectivity index (χ2v) is 6.22. The van der Waals surface area contributed by atoms with E-state index in [1.54, 1.807) is 7.11 Å². The van der Waals surface area contributed by atoms with Crippen LogP contribution in [0.1, 0.15) is 35.3 Å². The molecule has 2 N–H and O–H groups in total. The Hall–Kier alpha value is -1.36. The van der Waals surface area contributed by atoms with Gasteiger partial charge in [-0.15, -0.1) is 0 Å². The van der Waals surface area contributed by atoms with E-state index >= 15 is 0 Å². The van der Waals surface area contributed by atoms with Crippen molar-refractivity contribution < 1.29 is 9.47 Å². The zero-order valence-corrected chi connectivity index (χ0v) is 13.5. The summed E-state index contributed by atoms with van der Waals surface area (Å²) < 4.78 is 12.3. The third-order valence-corrected chi connectivity index (χ3v) is 4.27. The van der Waals surface area contributed by atoms with Gasteiger partial charge in [-0.2, -0.15) is 0 Å². The highest BCUT2D eigenvalue weighted by Gasteiger charge is 2.27. The van der Waals surface area contributed by atoms with E-state index in [4.69, 9.17) is 15.2 Å². The van der Waals surface area contributed by atoms with Gasteiger partial charge in [-0.25, -0.2) is 0 Å². The molecule has 4 heteroatoms. The highest BCUT2D eigenvalue weighted by atomic mass is 79.9. The molecule has 1 aliphatic rings. The molecule has 0 aromatic heterocycles. The van der Waals surface area contributed by atoms with E-state index in [1.165, 1.54) is 0 Å². The molecule has 110 valence electrons. The standard InChI is InChI=1S/C17H18BrNO2/c1-20-10-11-2-4-12(5-3-11)16-9-15(19)14-7-6-13(18)8-17(14)21-16/h2-8,15-16H,9-10,19H2,1H3/t15-,16?/m1/s1. The van der Waals surface area contributed by atoms with Crippen LogP contribution in [-0.4, -0.2) is 7.11 Å². The summed E-state index contributed by atoms with van der Waals surface area (Å²) in [6, 6.07) is 14.4. The van der Waals surface area contributed by atoms with Crippen LogP contribution < -0.4 is 10.5 Å². The molecule has 2 aromatic rings. The monoisotopic (exact) mass is 347 g/mol. The summed E-state index contributed by atoms with van der Waals surface area (Å²) in [5.41, 5.74) is 9.67. The molecule has 1 aliphatic heterocycles. The number of hydrogen-bond acceptors (Lipinski definition) is 3. The zero-order chi connectivity index (χ0) is 14.8. The summed E-state index contributed by atoms with van der Waals surface area (Å²) in [5, 5.41) is 0. The van der Waals surface area contributed by atoms with E-state index in [9.17, 15) is 0 Å². The van der Waals surface area contributed by atoms with Gasteiger partial charge < -0.3 is 15.2 Å². The molecule has 0 saturated carbocycles. The quantitative estimate of drug-likeness (QED) is 0.908. The first-order valence-electron chi connectivity index (χ1n) is 6.97. The van der Waals surface area contributed by atoms with Gasteiger partial charge >= 0.3 is 0 Å². The predicted molar refractivity (Wildman–Crippen MR) is 86.2 cm³/mol. The van der Waals surface area contributed by atoms with E-state index in [-0.39, 0.29) is 12.1 Å². The van der Waals surface area contributed by atoms with Crippen molar-refractivity contribution in [3.63, 3.8) is 0 Å². The molecule has 1 unspecified atom stereocenters. The van der Waals surface area contributed by atoms with Crippen LogP contribution in [0, 0.1) is 0 Å². The molecule has 0 spiro atoms. The van der Waals surface area contributed by atoms with Gasteiger partial charge in [0.05, 0.1) is 6.61 Å². The summed E-state index contributed by atoms with van der Waals surface area (Å²) in [4.78, 5) is 0. The molecular formula is C17H18BrNO2. The molecule has 0 saturated heterocycles. The lowest BCUT2D eigenvalue weighted by molar-refractivity contribution is 0.161. The van der Waals surface area contributed by atoms with E-state index in [0.717, 1.165) is 33.3 Å². The topological polar surface area (TPSA) is 44.5 Å². The van der Waals surface area contributed by atoms with Crippen molar-refractivity contribution in [3.05, 3.63) is 63.6 Å². The molecule has 0 radical (unpaired) electrons. The number of rotatable bonds is 3. The van der Waals surface area contributed by atoms with E-state index in [1.807, 2.05) is 18.2 Å². The number of ether oxygens (including phenoxy) is 2. The fourth-order valence-corrected chi connectivity index (χ4v) is 3.01. The number of nitrogens with two attached hydrogens (primary N) is 1. The molecule has 21 heavy (non-hydrogen) atoms. The number of fused-ring (bicyclic) bond motifs is 1. The third-order valence-electron chi connectivity index (χ3n) is 3.77. The van der Waals surface area contributed by atoms with Gasteiger partial charge in [-0.1, -0.05) is 46.3 Å². The number of hydrogen-bond donors (Lipinski definition) is 1. The van der Waals surface area contributed by atoms with Crippen molar-refractivity contribution in [1.29, 1.82) is 0 Å². The first-order valence-corrected chi connectivity index (χ1v) is 7.76. The van der Waals surface area contributed by atoms with E-state index in [0.29, 0.717) is 6.61 Å². The molecule has 0 aliphatic carbocycles. The summed E-state index contributed by atoms with van der Waals surface area (Å²) >= 11 is 3.48. The van der Waals surface area contributed by atoms with Gasteiger partial charge in [0, 0.05) is 29.6 Å². The Balaban J connectivity index is 1.84. The second-order valence-electron chi connectivity index (χ2n) is 5.31. The lowest BCUT2D eigenvalue weighted by Gasteiger charge is -2.30. The minimum Gasteiger partial charge on any atom is -0.485 e. The molecule has 3 rings (SSSR count). The van der Waals surface area contributed by atoms with Crippen LogP contribution in [-0.2, 0) is 11.3 Å². The fourth-order valence-electron chi connectivity index (χ4n) is 2.67. The first kappa shape index (κ1) is 14.6. The molecule has 0 fully saturated rings. The Morgan fingerprint density at radius 2 is 2.00 bits per heavy atom. The van der Waals surface area contributed by atoms with Crippen molar-refractivity contribution in [2.24, 2.45) is 5.73 Å². The molecule has 0 bridgehead atoms. The average Bonchev–Trinajstić information content (AvgIpc) is 2.48. The number of methoxy groups -OCH3 is 1. The molecule has 0 amide bonds. The van der Waals surface area contributed by atoms with Crippen LogP contribution in [0.25, 0.3) is 0 Å². The molecule has 1 heterocycles. The van der Waals surface area contributed by atoms with Crippen LogP contribution >= 0.6 is 15.9 Å². The Labute approximate surface area is 133 Å². The van der Waals surface area contributed by atoms with Gasteiger partial charge in [-0.3, -0.25) is 0 Å². The summed E-state index contributed by atoms with van der Waals surface area (Å²) in [6.07, 6.45) is 0.788. The van der Waals surface area contributed by atoms with E-state index in [2.05, 4.69) is 40.2 Å². The maximum absolute atomic E-state index is 6.29. The summed E-state index contributed by atoms with van der Waals surface area (Å²) in [5.74, 6) is 0.870. The second kappa shape index (κ2) is 6.18. The highest BCUT2D eigenvalue weighted by Crippen LogP contribution is 2.40. The lowest BCUT2D eigenvalue weighted by Crippen LogP contribution is -2.24. The van der Waals surface area contributed by atoms with Crippen molar-refractivity contribution >= 4 is 15.9 Å². The van der Waals surface area contributed by atoms with Crippen molar-refractivity contribution in [3.8, 4) is 5.75 Å². The summed E-state index contributed by atoms with van der Waals surface area (Å²) in [6.45, 7) is 0.626. The Morgan fingerprint density at radius 3 is 2.71 bits per heavy atom. The highest BCUT2D eigenvalue weighted by molar-refractivity contribution is 9.10. The summed E-state index contributed by atoms with van der Waals surface area (Å²) in [7, 11) is 1.70. The van der Waals surface area contributed by atoms with Crippen LogP contribution in [0.3, 0.4) is 0 Å². The number of halogens is 1. The number of benzene rings is 2. The first-order chi connectivity index (χ1) is 10.2. The van der Waals surface area contributed by atoms with Gasteiger partial charge in [0.25, 0.3) is 0 Å². The smallest absolute Gasteiger partial charge is 0.126 e. The van der Waals surface area contributed by atoms with Crippen LogP contribution in [0.15, 0.2) is 46.9 Å². The van der Waals surface area contributed by atoms with Gasteiger partial charge in [0.1, 0.15) is 11.9 Å². The van der Waals surface area contributed by atoms with Gasteiger partial charge in [0.15, 0.2) is 0 Å².